The third-order valence-corrected chi connectivity index (χ3v) is 6.34. The summed E-state index contributed by atoms with van der Waals surface area (Å²) in [4.78, 5) is 5.98. The molecule has 1 heterocycles. The molecule has 1 N–H and O–H groups in total. The summed E-state index contributed by atoms with van der Waals surface area (Å²) in [6, 6.07) is 10.4. The van der Waals surface area contributed by atoms with Crippen LogP contribution in [-0.2, 0) is 6.42 Å². The molecule has 5 nitrogen and oxygen atoms in total. The molecule has 0 fully saturated rings. The van der Waals surface area contributed by atoms with Crippen molar-refractivity contribution in [1.29, 1.82) is 0 Å². The van der Waals surface area contributed by atoms with E-state index in [1.807, 2.05) is 12.1 Å². The van der Waals surface area contributed by atoms with Gasteiger partial charge in [-0.25, -0.2) is 4.98 Å². The second-order valence-electron chi connectivity index (χ2n) is 5.85. The molecule has 0 amide bonds. The minimum Gasteiger partial charge on any atom is -0.493 e. The lowest BCUT2D eigenvalue weighted by atomic mass is 9.99. The van der Waals surface area contributed by atoms with Gasteiger partial charge in [0.1, 0.15) is 0 Å². The maximum Gasteiger partial charge on any atom is 0.203 e. The van der Waals surface area contributed by atoms with E-state index >= 15 is 0 Å². The molecule has 0 saturated heterocycles. The molecule has 7 heteroatoms. The van der Waals surface area contributed by atoms with Gasteiger partial charge in [-0.2, -0.15) is 0 Å². The van der Waals surface area contributed by atoms with Crippen molar-refractivity contribution in [2.75, 3.05) is 24.9 Å². The molecule has 0 radical (unpaired) electrons. The number of nitrogens with zero attached hydrogens (tertiary/aromatic N) is 1. The number of hydrogen-bond acceptors (Lipinski definition) is 6. The highest BCUT2D eigenvalue weighted by molar-refractivity contribution is 14.1. The molecule has 134 valence electrons. The standard InChI is InChI=1S/C19H17IN2O3S/c1-23-14-7-11(8-15(24-2)18(14)25-3)10-4-5-13-12(6-10)9-16-17(13)21-19(22-20)26-16/h4-8H,9H2,1-3H3,(H,21,22). The zero-order valence-electron chi connectivity index (χ0n) is 14.6. The van der Waals surface area contributed by atoms with E-state index < -0.39 is 0 Å². The maximum absolute atomic E-state index is 5.48. The van der Waals surface area contributed by atoms with E-state index in [0.717, 1.165) is 28.4 Å². The van der Waals surface area contributed by atoms with Crippen molar-refractivity contribution >= 4 is 39.3 Å². The highest BCUT2D eigenvalue weighted by Crippen LogP contribution is 2.45. The normalized spacial score (nSPS) is 11.7. The van der Waals surface area contributed by atoms with Gasteiger partial charge in [-0.1, -0.05) is 18.2 Å². The predicted octanol–water partition coefficient (Wildman–Crippen LogP) is 5.17. The fraction of sp³-hybridized carbons (Fsp3) is 0.211. The minimum absolute atomic E-state index is 0.602. The summed E-state index contributed by atoms with van der Waals surface area (Å²) >= 11 is 3.83. The second kappa shape index (κ2) is 6.96. The zero-order chi connectivity index (χ0) is 18.3. The van der Waals surface area contributed by atoms with Crippen molar-refractivity contribution in [2.45, 2.75) is 6.42 Å². The predicted molar refractivity (Wildman–Crippen MR) is 113 cm³/mol. The number of thiazole rings is 1. The van der Waals surface area contributed by atoms with Crippen LogP contribution in [0, 0.1) is 0 Å². The lowest BCUT2D eigenvalue weighted by Crippen LogP contribution is -1.96. The number of aromatic nitrogens is 1. The van der Waals surface area contributed by atoms with E-state index in [4.69, 9.17) is 14.2 Å². The molecule has 0 saturated carbocycles. The summed E-state index contributed by atoms with van der Waals surface area (Å²) in [5.74, 6) is 1.91. The summed E-state index contributed by atoms with van der Waals surface area (Å²) in [7, 11) is 4.87. The number of anilines is 1. The summed E-state index contributed by atoms with van der Waals surface area (Å²) in [5, 5.41) is 0.954. The molecule has 4 rings (SSSR count). The number of methoxy groups -OCH3 is 3. The average molecular weight is 480 g/mol. The van der Waals surface area contributed by atoms with Gasteiger partial charge in [0, 0.05) is 16.9 Å². The van der Waals surface area contributed by atoms with Gasteiger partial charge in [0.2, 0.25) is 5.75 Å². The van der Waals surface area contributed by atoms with Crippen LogP contribution in [0.1, 0.15) is 10.4 Å². The first kappa shape index (κ1) is 17.4. The molecular weight excluding hydrogens is 463 g/mol. The van der Waals surface area contributed by atoms with Crippen LogP contribution in [0.5, 0.6) is 17.2 Å². The van der Waals surface area contributed by atoms with Gasteiger partial charge in [-0.3, -0.25) is 0 Å². The Morgan fingerprint density at radius 2 is 1.73 bits per heavy atom. The Bertz CT molecular complexity index is 962. The number of rotatable bonds is 5. The third kappa shape index (κ3) is 2.79. The first-order valence-corrected chi connectivity index (χ1v) is 9.88. The Labute approximate surface area is 169 Å². The van der Waals surface area contributed by atoms with Crippen LogP contribution in [-0.4, -0.2) is 26.3 Å². The molecule has 2 aromatic carbocycles. The molecule has 1 aliphatic carbocycles. The van der Waals surface area contributed by atoms with Crippen molar-refractivity contribution < 1.29 is 14.2 Å². The first-order valence-electron chi connectivity index (χ1n) is 7.98. The van der Waals surface area contributed by atoms with E-state index in [9.17, 15) is 0 Å². The van der Waals surface area contributed by atoms with Crippen molar-refractivity contribution in [3.63, 3.8) is 0 Å². The number of ether oxygens (including phenoxy) is 3. The van der Waals surface area contributed by atoms with Crippen molar-refractivity contribution in [1.82, 2.24) is 4.98 Å². The van der Waals surface area contributed by atoms with E-state index in [-0.39, 0.29) is 0 Å². The van der Waals surface area contributed by atoms with Gasteiger partial charge in [-0.05, 0) is 28.8 Å². The van der Waals surface area contributed by atoms with Crippen molar-refractivity contribution in [3.8, 4) is 39.6 Å². The van der Waals surface area contributed by atoms with E-state index in [0.29, 0.717) is 17.2 Å². The quantitative estimate of drug-likeness (QED) is 0.316. The van der Waals surface area contributed by atoms with E-state index in [1.165, 1.54) is 16.0 Å². The Morgan fingerprint density at radius 3 is 2.35 bits per heavy atom. The van der Waals surface area contributed by atoms with Crippen LogP contribution >= 0.6 is 34.2 Å². The van der Waals surface area contributed by atoms with Gasteiger partial charge in [0.15, 0.2) is 16.6 Å². The fourth-order valence-corrected chi connectivity index (χ4v) is 4.63. The molecule has 3 aromatic rings. The van der Waals surface area contributed by atoms with Crippen molar-refractivity contribution in [3.05, 3.63) is 40.8 Å². The van der Waals surface area contributed by atoms with Crippen molar-refractivity contribution in [2.24, 2.45) is 0 Å². The third-order valence-electron chi connectivity index (χ3n) is 4.49. The molecule has 1 aromatic heterocycles. The Hall–Kier alpha value is -2.00. The van der Waals surface area contributed by atoms with Crippen LogP contribution in [0.25, 0.3) is 22.4 Å². The first-order chi connectivity index (χ1) is 12.7. The summed E-state index contributed by atoms with van der Waals surface area (Å²) in [5.41, 5.74) is 5.75. The number of benzene rings is 2. The van der Waals surface area contributed by atoms with Crippen LogP contribution < -0.4 is 17.7 Å². The highest BCUT2D eigenvalue weighted by atomic mass is 127. The molecule has 26 heavy (non-hydrogen) atoms. The fourth-order valence-electron chi connectivity index (χ4n) is 3.29. The summed E-state index contributed by atoms with van der Waals surface area (Å²) in [6.07, 6.45) is 0.916. The monoisotopic (exact) mass is 480 g/mol. The smallest absolute Gasteiger partial charge is 0.203 e. The number of halogens is 1. The zero-order valence-corrected chi connectivity index (χ0v) is 17.5. The lowest BCUT2D eigenvalue weighted by molar-refractivity contribution is 0.324. The van der Waals surface area contributed by atoms with E-state index in [2.05, 4.69) is 49.6 Å². The molecule has 0 atom stereocenters. The topological polar surface area (TPSA) is 52.6 Å². The van der Waals surface area contributed by atoms with Gasteiger partial charge < -0.3 is 17.7 Å². The number of fused-ring (bicyclic) bond motifs is 3. The van der Waals surface area contributed by atoms with Gasteiger partial charge in [0.25, 0.3) is 0 Å². The van der Waals surface area contributed by atoms with Crippen LogP contribution in [0.2, 0.25) is 0 Å². The van der Waals surface area contributed by atoms with Gasteiger partial charge >= 0.3 is 0 Å². The highest BCUT2D eigenvalue weighted by Gasteiger charge is 2.24. The molecule has 0 spiro atoms. The lowest BCUT2D eigenvalue weighted by Gasteiger charge is -2.14. The second-order valence-corrected chi connectivity index (χ2v) is 7.47. The van der Waals surface area contributed by atoms with Crippen LogP contribution in [0.3, 0.4) is 0 Å². The Balaban J connectivity index is 1.77. The SMILES string of the molecule is COc1cc(-c2ccc3c(c2)Cc2sc(NI)nc2-3)cc(OC)c1OC. The molecular formula is C19H17IN2O3S. The average Bonchev–Trinajstić information content (AvgIpc) is 3.23. The minimum atomic E-state index is 0.602. The van der Waals surface area contributed by atoms with Crippen LogP contribution in [0.15, 0.2) is 30.3 Å². The number of hydrogen-bond donors (Lipinski definition) is 1. The van der Waals surface area contributed by atoms with Gasteiger partial charge in [-0.15, -0.1) is 11.3 Å². The summed E-state index contributed by atoms with van der Waals surface area (Å²) in [6.45, 7) is 0. The molecule has 1 aliphatic rings. The summed E-state index contributed by atoms with van der Waals surface area (Å²) < 4.78 is 19.5. The molecule has 0 bridgehead atoms. The Morgan fingerprint density at radius 1 is 1.00 bits per heavy atom. The largest absolute Gasteiger partial charge is 0.493 e. The van der Waals surface area contributed by atoms with Gasteiger partial charge in [0.05, 0.1) is 49.9 Å². The number of nitrogens with one attached hydrogen (secondary N) is 1. The Kier molecular flexibility index (Phi) is 4.66. The molecule has 0 aliphatic heterocycles. The maximum atomic E-state index is 5.48. The molecule has 0 unspecified atom stereocenters. The van der Waals surface area contributed by atoms with E-state index in [1.54, 1.807) is 32.7 Å². The van der Waals surface area contributed by atoms with Crippen LogP contribution in [0.4, 0.5) is 5.13 Å².